The summed E-state index contributed by atoms with van der Waals surface area (Å²) >= 11 is 0. The fourth-order valence-corrected chi connectivity index (χ4v) is 6.08. The molecule has 0 aromatic carbocycles. The highest BCUT2D eigenvalue weighted by Gasteiger charge is 2.41. The van der Waals surface area contributed by atoms with Gasteiger partial charge in [0, 0.05) is 12.0 Å². The summed E-state index contributed by atoms with van der Waals surface area (Å²) in [5.74, 6) is 0.0468. The lowest BCUT2D eigenvalue weighted by molar-refractivity contribution is -0.136. The van der Waals surface area contributed by atoms with E-state index in [1.165, 1.54) is 31.3 Å². The fourth-order valence-electron chi connectivity index (χ4n) is 4.66. The molecule has 0 aromatic heterocycles. The van der Waals surface area contributed by atoms with Crippen LogP contribution in [0.5, 0.6) is 0 Å². The van der Waals surface area contributed by atoms with Crippen LogP contribution in [0.25, 0.3) is 0 Å². The zero-order chi connectivity index (χ0) is 23.1. The molecule has 1 fully saturated rings. The molecule has 31 heavy (non-hydrogen) atoms. The lowest BCUT2D eigenvalue weighted by Gasteiger charge is -2.41. The number of carbonyl (C=O) groups is 1. The minimum Gasteiger partial charge on any atom is -0.481 e. The van der Waals surface area contributed by atoms with Gasteiger partial charge in [0.2, 0.25) is 0 Å². The molecule has 1 saturated carbocycles. The summed E-state index contributed by atoms with van der Waals surface area (Å²) in [6.45, 7) is 11.7. The van der Waals surface area contributed by atoms with Crippen LogP contribution in [0.3, 0.4) is 0 Å². The summed E-state index contributed by atoms with van der Waals surface area (Å²) in [5.41, 5.74) is 4.34. The van der Waals surface area contributed by atoms with Gasteiger partial charge in [0.05, 0.1) is 12.5 Å². The van der Waals surface area contributed by atoms with Gasteiger partial charge in [-0.05, 0) is 81.1 Å². The number of aliphatic hydroxyl groups is 1. The van der Waals surface area contributed by atoms with Crippen LogP contribution >= 0.6 is 0 Å². The van der Waals surface area contributed by atoms with Gasteiger partial charge in [-0.25, -0.2) is 0 Å². The van der Waals surface area contributed by atoms with Crippen molar-refractivity contribution in [2.45, 2.75) is 115 Å². The SMILES string of the molecule is CC(C)(C)[Si](C)(C)OC(CCC1=CCC(O)[C@@H]1CCC=C=CCC(=O)O)C1CCCC1. The molecule has 0 radical (unpaired) electrons. The van der Waals surface area contributed by atoms with E-state index in [0.717, 1.165) is 32.1 Å². The summed E-state index contributed by atoms with van der Waals surface area (Å²) in [4.78, 5) is 10.6. The van der Waals surface area contributed by atoms with Crippen molar-refractivity contribution in [1.29, 1.82) is 0 Å². The second-order valence-electron chi connectivity index (χ2n) is 10.9. The van der Waals surface area contributed by atoms with E-state index in [1.807, 2.05) is 6.08 Å². The van der Waals surface area contributed by atoms with E-state index < -0.39 is 14.3 Å². The Hall–Kier alpha value is -1.13. The summed E-state index contributed by atoms with van der Waals surface area (Å²) < 4.78 is 6.93. The zero-order valence-corrected chi connectivity index (χ0v) is 21.3. The Bertz CT molecular complexity index is 676. The molecule has 0 spiro atoms. The molecule has 2 rings (SSSR count). The van der Waals surface area contributed by atoms with Gasteiger partial charge in [-0.3, -0.25) is 4.79 Å². The van der Waals surface area contributed by atoms with Gasteiger partial charge in [0.1, 0.15) is 0 Å². The Balaban J connectivity index is 1.95. The van der Waals surface area contributed by atoms with Crippen molar-refractivity contribution < 1.29 is 19.4 Å². The standard InChI is InChI=1S/C26H44O4Si/c1-26(2,3)31(4,5)30-24(21-12-10-11-13-21)19-17-20-16-18-23(27)22(20)14-8-6-7-9-15-25(28)29/h6,9,16,21-24,27H,8,10-15,17-19H2,1-5H3,(H,28,29)/t7?,22-,23?,24?/m1/s1. The largest absolute Gasteiger partial charge is 0.481 e. The first-order chi connectivity index (χ1) is 14.5. The highest BCUT2D eigenvalue weighted by molar-refractivity contribution is 6.74. The quantitative estimate of drug-likeness (QED) is 0.212. The Morgan fingerprint density at radius 2 is 1.97 bits per heavy atom. The average molecular weight is 449 g/mol. The first-order valence-electron chi connectivity index (χ1n) is 12.2. The molecular weight excluding hydrogens is 404 g/mol. The molecule has 2 aliphatic carbocycles. The Morgan fingerprint density at radius 3 is 2.58 bits per heavy atom. The van der Waals surface area contributed by atoms with Gasteiger partial charge in [0.25, 0.3) is 0 Å². The maximum Gasteiger partial charge on any atom is 0.307 e. The first-order valence-corrected chi connectivity index (χ1v) is 15.1. The van der Waals surface area contributed by atoms with Crippen LogP contribution in [0.2, 0.25) is 18.1 Å². The molecule has 0 aliphatic heterocycles. The molecule has 5 heteroatoms. The van der Waals surface area contributed by atoms with Gasteiger partial charge in [-0.1, -0.05) is 45.3 Å². The Morgan fingerprint density at radius 1 is 1.29 bits per heavy atom. The highest BCUT2D eigenvalue weighted by atomic mass is 28.4. The molecule has 0 bridgehead atoms. The average Bonchev–Trinajstić information content (AvgIpc) is 3.31. The minimum absolute atomic E-state index is 0.00445. The predicted molar refractivity (Wildman–Crippen MR) is 130 cm³/mol. The van der Waals surface area contributed by atoms with Crippen LogP contribution in [0.4, 0.5) is 0 Å². The number of hydrogen-bond acceptors (Lipinski definition) is 3. The number of aliphatic carboxylic acids is 1. The van der Waals surface area contributed by atoms with Crippen molar-refractivity contribution in [3.05, 3.63) is 29.5 Å². The molecular formula is C26H44O4Si. The molecule has 0 amide bonds. The Kier molecular flexibility index (Phi) is 9.82. The van der Waals surface area contributed by atoms with Gasteiger partial charge >= 0.3 is 5.97 Å². The summed E-state index contributed by atoms with van der Waals surface area (Å²) in [7, 11) is -1.81. The van der Waals surface area contributed by atoms with E-state index in [-0.39, 0.29) is 23.5 Å². The molecule has 0 heterocycles. The number of carboxylic acids is 1. The summed E-state index contributed by atoms with van der Waals surface area (Å²) in [6.07, 6.45) is 15.5. The summed E-state index contributed by atoms with van der Waals surface area (Å²) in [5, 5.41) is 19.4. The number of aliphatic hydroxyl groups excluding tert-OH is 1. The van der Waals surface area contributed by atoms with Crippen molar-refractivity contribution >= 4 is 14.3 Å². The molecule has 4 nitrogen and oxygen atoms in total. The van der Waals surface area contributed by atoms with Gasteiger partial charge in [-0.2, -0.15) is 0 Å². The molecule has 2 unspecified atom stereocenters. The minimum atomic E-state index is -1.81. The van der Waals surface area contributed by atoms with Crippen molar-refractivity contribution in [3.8, 4) is 0 Å². The van der Waals surface area contributed by atoms with E-state index in [9.17, 15) is 9.90 Å². The van der Waals surface area contributed by atoms with Crippen LogP contribution in [-0.4, -0.2) is 36.7 Å². The van der Waals surface area contributed by atoms with E-state index in [1.54, 1.807) is 6.08 Å². The third kappa shape index (κ3) is 8.05. The lowest BCUT2D eigenvalue weighted by atomic mass is 9.88. The second-order valence-corrected chi connectivity index (χ2v) is 15.7. The third-order valence-electron chi connectivity index (χ3n) is 7.59. The zero-order valence-electron chi connectivity index (χ0n) is 20.3. The first kappa shape index (κ1) is 26.1. The van der Waals surface area contributed by atoms with Crippen molar-refractivity contribution in [2.75, 3.05) is 0 Å². The van der Waals surface area contributed by atoms with Crippen LogP contribution in [0, 0.1) is 11.8 Å². The number of rotatable bonds is 11. The van der Waals surface area contributed by atoms with Gasteiger partial charge in [0.15, 0.2) is 8.32 Å². The molecule has 2 aliphatic rings. The maximum atomic E-state index is 10.6. The predicted octanol–water partition coefficient (Wildman–Crippen LogP) is 6.62. The third-order valence-corrected chi connectivity index (χ3v) is 12.1. The van der Waals surface area contributed by atoms with Crippen molar-refractivity contribution in [1.82, 2.24) is 0 Å². The lowest BCUT2D eigenvalue weighted by Crippen LogP contribution is -2.45. The molecule has 3 atom stereocenters. The second kappa shape index (κ2) is 11.6. The Labute approximate surface area is 190 Å². The fraction of sp³-hybridized carbons (Fsp3) is 0.769. The van der Waals surface area contributed by atoms with Crippen LogP contribution in [-0.2, 0) is 9.22 Å². The number of hydrogen-bond donors (Lipinski definition) is 2. The number of carboxylic acid groups (broad SMARTS) is 1. The van der Waals surface area contributed by atoms with E-state index >= 15 is 0 Å². The molecule has 0 aromatic rings. The van der Waals surface area contributed by atoms with Crippen molar-refractivity contribution in [3.63, 3.8) is 0 Å². The normalized spacial score (nSPS) is 23.4. The summed E-state index contributed by atoms with van der Waals surface area (Å²) in [6, 6.07) is 0. The highest BCUT2D eigenvalue weighted by Crippen LogP contribution is 2.42. The molecule has 0 saturated heterocycles. The monoisotopic (exact) mass is 448 g/mol. The van der Waals surface area contributed by atoms with E-state index in [4.69, 9.17) is 9.53 Å². The topological polar surface area (TPSA) is 66.8 Å². The van der Waals surface area contributed by atoms with E-state index in [2.05, 4.69) is 45.7 Å². The van der Waals surface area contributed by atoms with E-state index in [0.29, 0.717) is 12.0 Å². The molecule has 2 N–H and O–H groups in total. The smallest absolute Gasteiger partial charge is 0.307 e. The van der Waals surface area contributed by atoms with Crippen LogP contribution < -0.4 is 0 Å². The van der Waals surface area contributed by atoms with Crippen LogP contribution in [0.15, 0.2) is 29.5 Å². The van der Waals surface area contributed by atoms with Crippen molar-refractivity contribution in [2.24, 2.45) is 11.8 Å². The van der Waals surface area contributed by atoms with Gasteiger partial charge in [-0.15, -0.1) is 5.73 Å². The molecule has 176 valence electrons. The van der Waals surface area contributed by atoms with Crippen LogP contribution in [0.1, 0.15) is 85.0 Å². The van der Waals surface area contributed by atoms with Gasteiger partial charge < -0.3 is 14.6 Å². The maximum absolute atomic E-state index is 10.6.